The number of ether oxygens (including phenoxy) is 1. The first-order valence-corrected chi connectivity index (χ1v) is 5.27. The summed E-state index contributed by atoms with van der Waals surface area (Å²) in [4.78, 5) is 11.5. The lowest BCUT2D eigenvalue weighted by atomic mass is 9.94. The minimum absolute atomic E-state index is 0.0705. The van der Waals surface area contributed by atoms with Crippen molar-refractivity contribution in [3.05, 3.63) is 24.3 Å². The lowest BCUT2D eigenvalue weighted by Crippen LogP contribution is -2.24. The highest BCUT2D eigenvalue weighted by Crippen LogP contribution is 2.31. The number of hydrogen-bond donors (Lipinski definition) is 0. The normalized spacial score (nSPS) is 31.6. The van der Waals surface area contributed by atoms with Crippen LogP contribution in [0.1, 0.15) is 25.7 Å². The molecule has 0 aromatic heterocycles. The van der Waals surface area contributed by atoms with Crippen molar-refractivity contribution < 1.29 is 9.53 Å². The number of allylic oxidation sites excluding steroid dienone is 2. The number of carbonyl (C=O) groups excluding carboxylic acids is 1. The molecule has 1 fully saturated rings. The molecule has 2 rings (SSSR count). The van der Waals surface area contributed by atoms with Crippen molar-refractivity contribution in [3.8, 4) is 0 Å². The number of hydrogen-bond acceptors (Lipinski definition) is 2. The van der Waals surface area contributed by atoms with Crippen LogP contribution in [-0.4, -0.2) is 18.5 Å². The Bertz CT molecular complexity index is 278. The summed E-state index contributed by atoms with van der Waals surface area (Å²) in [5, 5.41) is 0. The maximum Gasteiger partial charge on any atom is 0.181 e. The predicted octanol–water partition coefficient (Wildman–Crippen LogP) is 2.26. The van der Waals surface area contributed by atoms with Gasteiger partial charge in [0.1, 0.15) is 0 Å². The molecule has 1 aliphatic heterocycles. The molecule has 76 valence electrons. The van der Waals surface area contributed by atoms with Gasteiger partial charge in [0, 0.05) is 13.0 Å². The standard InChI is InChI=1S/C12H16O2/c1-2-12(13)10-4-3-9-5-6-14-11(7-9)8-10/h2,4,9,11H,1,3,5-8H2/t9-,11+/m1/s1. The van der Waals surface area contributed by atoms with E-state index in [2.05, 4.69) is 12.7 Å². The number of carbonyl (C=O) groups is 1. The fourth-order valence-corrected chi connectivity index (χ4v) is 2.29. The molecule has 0 unspecified atom stereocenters. The zero-order chi connectivity index (χ0) is 9.97. The molecule has 0 spiro atoms. The molecule has 14 heavy (non-hydrogen) atoms. The van der Waals surface area contributed by atoms with E-state index in [1.54, 1.807) is 0 Å². The van der Waals surface area contributed by atoms with Gasteiger partial charge in [0.15, 0.2) is 5.78 Å². The zero-order valence-electron chi connectivity index (χ0n) is 8.37. The van der Waals surface area contributed by atoms with Crippen molar-refractivity contribution in [2.24, 2.45) is 5.92 Å². The van der Waals surface area contributed by atoms with E-state index in [1.165, 1.54) is 6.08 Å². The van der Waals surface area contributed by atoms with Crippen LogP contribution in [0.15, 0.2) is 24.3 Å². The summed E-state index contributed by atoms with van der Waals surface area (Å²) >= 11 is 0. The third-order valence-electron chi connectivity index (χ3n) is 3.12. The Morgan fingerprint density at radius 1 is 1.64 bits per heavy atom. The first-order valence-electron chi connectivity index (χ1n) is 5.27. The van der Waals surface area contributed by atoms with Gasteiger partial charge in [-0.25, -0.2) is 0 Å². The van der Waals surface area contributed by atoms with E-state index in [1.807, 2.05) is 0 Å². The molecule has 2 bridgehead atoms. The Morgan fingerprint density at radius 2 is 2.50 bits per heavy atom. The van der Waals surface area contributed by atoms with Crippen molar-refractivity contribution in [1.82, 2.24) is 0 Å². The maximum absolute atomic E-state index is 11.5. The van der Waals surface area contributed by atoms with Gasteiger partial charge in [-0.15, -0.1) is 0 Å². The number of rotatable bonds is 2. The van der Waals surface area contributed by atoms with E-state index >= 15 is 0 Å². The molecule has 0 aromatic rings. The molecule has 2 nitrogen and oxygen atoms in total. The predicted molar refractivity (Wildman–Crippen MR) is 55.0 cm³/mol. The molecule has 1 saturated heterocycles. The fraction of sp³-hybridized carbons (Fsp3) is 0.583. The highest BCUT2D eigenvalue weighted by molar-refractivity contribution is 6.03. The molecule has 0 radical (unpaired) electrons. The van der Waals surface area contributed by atoms with Crippen LogP contribution in [0.3, 0.4) is 0 Å². The van der Waals surface area contributed by atoms with Gasteiger partial charge in [-0.3, -0.25) is 4.79 Å². The lowest BCUT2D eigenvalue weighted by Gasteiger charge is -2.26. The van der Waals surface area contributed by atoms with Crippen LogP contribution in [0.4, 0.5) is 0 Å². The second kappa shape index (κ2) is 4.09. The summed E-state index contributed by atoms with van der Waals surface area (Å²) in [5.74, 6) is 0.796. The van der Waals surface area contributed by atoms with Crippen LogP contribution >= 0.6 is 0 Å². The Kier molecular flexibility index (Phi) is 2.82. The topological polar surface area (TPSA) is 26.3 Å². The van der Waals surface area contributed by atoms with Gasteiger partial charge in [0.25, 0.3) is 0 Å². The zero-order valence-corrected chi connectivity index (χ0v) is 8.37. The molecule has 2 heteroatoms. The number of ketones is 1. The Labute approximate surface area is 84.6 Å². The van der Waals surface area contributed by atoms with Crippen LogP contribution in [0.2, 0.25) is 0 Å². The van der Waals surface area contributed by atoms with Gasteiger partial charge in [0.05, 0.1) is 6.10 Å². The van der Waals surface area contributed by atoms with E-state index in [4.69, 9.17) is 4.74 Å². The molecule has 0 amide bonds. The van der Waals surface area contributed by atoms with Crippen molar-refractivity contribution in [2.45, 2.75) is 31.8 Å². The molecule has 2 atom stereocenters. The number of fused-ring (bicyclic) bond motifs is 2. The van der Waals surface area contributed by atoms with Gasteiger partial charge >= 0.3 is 0 Å². The third kappa shape index (κ3) is 1.95. The van der Waals surface area contributed by atoms with Gasteiger partial charge in [-0.05, 0) is 36.8 Å². The fourth-order valence-electron chi connectivity index (χ4n) is 2.29. The second-order valence-electron chi connectivity index (χ2n) is 4.12. The molecule has 0 saturated carbocycles. The highest BCUT2D eigenvalue weighted by Gasteiger charge is 2.26. The third-order valence-corrected chi connectivity index (χ3v) is 3.12. The summed E-state index contributed by atoms with van der Waals surface area (Å²) in [7, 11) is 0. The summed E-state index contributed by atoms with van der Waals surface area (Å²) < 4.78 is 5.63. The molecule has 0 aromatic carbocycles. The smallest absolute Gasteiger partial charge is 0.181 e. The summed E-state index contributed by atoms with van der Waals surface area (Å²) in [6, 6.07) is 0. The lowest BCUT2D eigenvalue weighted by molar-refractivity contribution is -0.111. The summed E-state index contributed by atoms with van der Waals surface area (Å²) in [6.45, 7) is 4.38. The maximum atomic E-state index is 11.5. The van der Waals surface area contributed by atoms with Crippen molar-refractivity contribution in [3.63, 3.8) is 0 Å². The van der Waals surface area contributed by atoms with Gasteiger partial charge in [-0.2, -0.15) is 0 Å². The van der Waals surface area contributed by atoms with Crippen LogP contribution in [0, 0.1) is 5.92 Å². The summed E-state index contributed by atoms with van der Waals surface area (Å²) in [5.41, 5.74) is 0.898. The average molecular weight is 192 g/mol. The van der Waals surface area contributed by atoms with Gasteiger partial charge < -0.3 is 4.74 Å². The monoisotopic (exact) mass is 192 g/mol. The molecule has 2 aliphatic rings. The minimum Gasteiger partial charge on any atom is -0.378 e. The summed E-state index contributed by atoms with van der Waals surface area (Å²) in [6.07, 6.45) is 7.83. The van der Waals surface area contributed by atoms with E-state index in [-0.39, 0.29) is 11.9 Å². The largest absolute Gasteiger partial charge is 0.378 e. The average Bonchev–Trinajstić information content (AvgIpc) is 2.36. The van der Waals surface area contributed by atoms with Gasteiger partial charge in [0.2, 0.25) is 0 Å². The SMILES string of the molecule is C=CC(=O)C1=CC[C@@H]2CCO[C@H](C1)C2. The molecule has 1 aliphatic carbocycles. The van der Waals surface area contributed by atoms with Crippen LogP contribution in [0.5, 0.6) is 0 Å². The van der Waals surface area contributed by atoms with E-state index in [9.17, 15) is 4.79 Å². The molecule has 1 heterocycles. The molecule has 0 N–H and O–H groups in total. The molecular formula is C12H16O2. The Hall–Kier alpha value is -0.890. The first kappa shape index (κ1) is 9.66. The van der Waals surface area contributed by atoms with E-state index in [0.717, 1.165) is 43.8 Å². The second-order valence-corrected chi connectivity index (χ2v) is 4.12. The Balaban J connectivity index is 2.12. The minimum atomic E-state index is 0.0705. The van der Waals surface area contributed by atoms with E-state index < -0.39 is 0 Å². The first-order chi connectivity index (χ1) is 6.79. The van der Waals surface area contributed by atoms with Crippen LogP contribution < -0.4 is 0 Å². The van der Waals surface area contributed by atoms with E-state index in [0.29, 0.717) is 0 Å². The van der Waals surface area contributed by atoms with Crippen molar-refractivity contribution in [2.75, 3.05) is 6.61 Å². The Morgan fingerprint density at radius 3 is 3.29 bits per heavy atom. The van der Waals surface area contributed by atoms with Crippen LogP contribution in [0.25, 0.3) is 0 Å². The molecular weight excluding hydrogens is 176 g/mol. The van der Waals surface area contributed by atoms with Gasteiger partial charge in [-0.1, -0.05) is 12.7 Å². The van der Waals surface area contributed by atoms with Crippen molar-refractivity contribution in [1.29, 1.82) is 0 Å². The van der Waals surface area contributed by atoms with Crippen molar-refractivity contribution >= 4 is 5.78 Å². The van der Waals surface area contributed by atoms with Crippen LogP contribution in [-0.2, 0) is 9.53 Å². The quantitative estimate of drug-likeness (QED) is 0.627. The highest BCUT2D eigenvalue weighted by atomic mass is 16.5.